The van der Waals surface area contributed by atoms with Crippen molar-refractivity contribution in [1.82, 2.24) is 15.1 Å². The Morgan fingerprint density at radius 2 is 2.15 bits per heavy atom. The third-order valence-corrected chi connectivity index (χ3v) is 4.36. The summed E-state index contributed by atoms with van der Waals surface area (Å²) in [6.07, 6.45) is 1.85. The second kappa shape index (κ2) is 6.74. The third-order valence-electron chi connectivity index (χ3n) is 3.33. The van der Waals surface area contributed by atoms with Gasteiger partial charge in [-0.15, -0.1) is 0 Å². The molecule has 1 unspecified atom stereocenters. The summed E-state index contributed by atoms with van der Waals surface area (Å²) in [5, 5.41) is 8.73. The second-order valence-electron chi connectivity index (χ2n) is 4.69. The zero-order valence-corrected chi connectivity index (χ0v) is 14.3. The standard InChI is InChI=1S/C15H19BrClN3/c1-4-18-14(11-6-7-13(17)10(3)8-11)15-12(16)9-19-20(15)5-2/h6-9,14,18H,4-5H2,1-3H3. The van der Waals surface area contributed by atoms with Gasteiger partial charge in [-0.3, -0.25) is 4.68 Å². The van der Waals surface area contributed by atoms with Crippen LogP contribution in [0.25, 0.3) is 0 Å². The van der Waals surface area contributed by atoms with E-state index < -0.39 is 0 Å². The average Bonchev–Trinajstić information content (AvgIpc) is 2.80. The van der Waals surface area contributed by atoms with E-state index in [0.29, 0.717) is 0 Å². The first-order valence-corrected chi connectivity index (χ1v) is 7.96. The van der Waals surface area contributed by atoms with E-state index in [1.54, 1.807) is 0 Å². The van der Waals surface area contributed by atoms with Gasteiger partial charge in [-0.1, -0.05) is 30.7 Å². The van der Waals surface area contributed by atoms with Crippen LogP contribution in [0, 0.1) is 6.92 Å². The SMILES string of the molecule is CCNC(c1ccc(Cl)c(C)c1)c1c(Br)cnn1CC. The van der Waals surface area contributed by atoms with Gasteiger partial charge in [0, 0.05) is 11.6 Å². The third kappa shape index (κ3) is 3.08. The average molecular weight is 357 g/mol. The molecule has 20 heavy (non-hydrogen) atoms. The first kappa shape index (κ1) is 15.5. The van der Waals surface area contributed by atoms with Gasteiger partial charge in [-0.05, 0) is 53.5 Å². The molecule has 0 bridgehead atoms. The van der Waals surface area contributed by atoms with Crippen LogP contribution in [-0.4, -0.2) is 16.3 Å². The predicted octanol–water partition coefficient (Wildman–Crippen LogP) is 4.33. The summed E-state index contributed by atoms with van der Waals surface area (Å²) in [7, 11) is 0. The van der Waals surface area contributed by atoms with E-state index in [-0.39, 0.29) is 6.04 Å². The Morgan fingerprint density at radius 3 is 2.75 bits per heavy atom. The molecule has 1 heterocycles. The van der Waals surface area contributed by atoms with E-state index >= 15 is 0 Å². The summed E-state index contributed by atoms with van der Waals surface area (Å²) >= 11 is 9.74. The number of nitrogens with one attached hydrogen (secondary N) is 1. The molecule has 2 aromatic rings. The smallest absolute Gasteiger partial charge is 0.0759 e. The molecule has 0 amide bonds. The number of aryl methyl sites for hydroxylation is 2. The lowest BCUT2D eigenvalue weighted by Gasteiger charge is -2.21. The van der Waals surface area contributed by atoms with Gasteiger partial charge in [0.2, 0.25) is 0 Å². The molecule has 1 atom stereocenters. The highest BCUT2D eigenvalue weighted by Crippen LogP contribution is 2.30. The van der Waals surface area contributed by atoms with E-state index in [1.165, 1.54) is 5.56 Å². The monoisotopic (exact) mass is 355 g/mol. The molecule has 2 rings (SSSR count). The van der Waals surface area contributed by atoms with Crippen molar-refractivity contribution in [2.24, 2.45) is 0 Å². The normalized spacial score (nSPS) is 12.7. The molecule has 3 nitrogen and oxygen atoms in total. The van der Waals surface area contributed by atoms with Crippen molar-refractivity contribution in [3.63, 3.8) is 0 Å². The number of hydrogen-bond acceptors (Lipinski definition) is 2. The van der Waals surface area contributed by atoms with Crippen LogP contribution in [0.1, 0.15) is 36.7 Å². The number of hydrogen-bond donors (Lipinski definition) is 1. The van der Waals surface area contributed by atoms with Crippen molar-refractivity contribution in [3.05, 3.63) is 50.7 Å². The van der Waals surface area contributed by atoms with Crippen LogP contribution in [0.2, 0.25) is 5.02 Å². The van der Waals surface area contributed by atoms with Crippen LogP contribution < -0.4 is 5.32 Å². The zero-order chi connectivity index (χ0) is 14.7. The second-order valence-corrected chi connectivity index (χ2v) is 5.95. The summed E-state index contributed by atoms with van der Waals surface area (Å²) in [4.78, 5) is 0. The quantitative estimate of drug-likeness (QED) is 0.864. The van der Waals surface area contributed by atoms with Gasteiger partial charge < -0.3 is 5.32 Å². The molecule has 0 aliphatic heterocycles. The predicted molar refractivity (Wildman–Crippen MR) is 87.3 cm³/mol. The molecule has 0 spiro atoms. The van der Waals surface area contributed by atoms with E-state index in [2.05, 4.69) is 52.3 Å². The molecule has 0 saturated heterocycles. The Kier molecular flexibility index (Phi) is 5.24. The van der Waals surface area contributed by atoms with Crippen LogP contribution in [0.5, 0.6) is 0 Å². The highest BCUT2D eigenvalue weighted by atomic mass is 79.9. The topological polar surface area (TPSA) is 29.9 Å². The van der Waals surface area contributed by atoms with Crippen molar-refractivity contribution in [2.45, 2.75) is 33.4 Å². The highest BCUT2D eigenvalue weighted by Gasteiger charge is 2.21. The van der Waals surface area contributed by atoms with Crippen LogP contribution in [0.15, 0.2) is 28.9 Å². The number of halogens is 2. The molecule has 1 N–H and O–H groups in total. The van der Waals surface area contributed by atoms with E-state index in [0.717, 1.165) is 33.8 Å². The molecule has 0 aliphatic rings. The van der Waals surface area contributed by atoms with Crippen molar-refractivity contribution >= 4 is 27.5 Å². The van der Waals surface area contributed by atoms with Crippen molar-refractivity contribution < 1.29 is 0 Å². The van der Waals surface area contributed by atoms with Gasteiger partial charge in [-0.2, -0.15) is 5.10 Å². The van der Waals surface area contributed by atoms with Crippen LogP contribution in [-0.2, 0) is 6.54 Å². The summed E-state index contributed by atoms with van der Waals surface area (Å²) in [6.45, 7) is 7.96. The number of nitrogens with zero attached hydrogens (tertiary/aromatic N) is 2. The summed E-state index contributed by atoms with van der Waals surface area (Å²) in [6, 6.07) is 6.27. The molecule has 0 fully saturated rings. The molecule has 1 aromatic carbocycles. The van der Waals surface area contributed by atoms with Gasteiger partial charge in [0.15, 0.2) is 0 Å². The molecule has 1 aromatic heterocycles. The Morgan fingerprint density at radius 1 is 1.40 bits per heavy atom. The maximum Gasteiger partial charge on any atom is 0.0759 e. The number of aromatic nitrogens is 2. The van der Waals surface area contributed by atoms with Gasteiger partial charge >= 0.3 is 0 Å². The molecule has 108 valence electrons. The molecule has 0 saturated carbocycles. The first-order chi connectivity index (χ1) is 9.58. The summed E-state index contributed by atoms with van der Waals surface area (Å²) in [5.41, 5.74) is 3.44. The Hall–Kier alpha value is -0.840. The summed E-state index contributed by atoms with van der Waals surface area (Å²) in [5.74, 6) is 0. The lowest BCUT2D eigenvalue weighted by molar-refractivity contribution is 0.540. The molecule has 0 aliphatic carbocycles. The fraction of sp³-hybridized carbons (Fsp3) is 0.400. The minimum absolute atomic E-state index is 0.104. The van der Waals surface area contributed by atoms with Crippen LogP contribution >= 0.6 is 27.5 Å². The fourth-order valence-corrected chi connectivity index (χ4v) is 2.98. The van der Waals surface area contributed by atoms with E-state index in [4.69, 9.17) is 11.6 Å². The van der Waals surface area contributed by atoms with Crippen molar-refractivity contribution in [2.75, 3.05) is 6.54 Å². The van der Waals surface area contributed by atoms with Gasteiger partial charge in [0.1, 0.15) is 0 Å². The van der Waals surface area contributed by atoms with Crippen LogP contribution in [0.4, 0.5) is 0 Å². The Labute approximate surface area is 133 Å². The zero-order valence-electron chi connectivity index (χ0n) is 12.0. The lowest BCUT2D eigenvalue weighted by atomic mass is 10.0. The number of benzene rings is 1. The van der Waals surface area contributed by atoms with E-state index in [1.807, 2.05) is 23.9 Å². The van der Waals surface area contributed by atoms with Crippen molar-refractivity contribution in [1.29, 1.82) is 0 Å². The van der Waals surface area contributed by atoms with Crippen molar-refractivity contribution in [3.8, 4) is 0 Å². The molecule has 0 radical (unpaired) electrons. The first-order valence-electron chi connectivity index (χ1n) is 6.79. The molecule has 5 heteroatoms. The maximum atomic E-state index is 6.13. The van der Waals surface area contributed by atoms with Gasteiger partial charge in [-0.25, -0.2) is 0 Å². The highest BCUT2D eigenvalue weighted by molar-refractivity contribution is 9.10. The summed E-state index contributed by atoms with van der Waals surface area (Å²) < 4.78 is 3.04. The fourth-order valence-electron chi connectivity index (χ4n) is 2.33. The van der Waals surface area contributed by atoms with Gasteiger partial charge in [0.25, 0.3) is 0 Å². The van der Waals surface area contributed by atoms with E-state index in [9.17, 15) is 0 Å². The number of rotatable bonds is 5. The van der Waals surface area contributed by atoms with Crippen LogP contribution in [0.3, 0.4) is 0 Å². The molecular formula is C15H19BrClN3. The Balaban J connectivity index is 2.49. The molecular weight excluding hydrogens is 338 g/mol. The minimum Gasteiger partial charge on any atom is -0.305 e. The maximum absolute atomic E-state index is 6.13. The van der Waals surface area contributed by atoms with Gasteiger partial charge in [0.05, 0.1) is 22.4 Å². The largest absolute Gasteiger partial charge is 0.305 e. The lowest BCUT2D eigenvalue weighted by Crippen LogP contribution is -2.25. The minimum atomic E-state index is 0.104. The Bertz CT molecular complexity index is 595.